The van der Waals surface area contributed by atoms with Crippen molar-refractivity contribution in [3.05, 3.63) is 29.6 Å². The number of rotatable bonds is 6. The number of carbonyl (C=O) groups is 1. The molecule has 0 radical (unpaired) electrons. The minimum Gasteiger partial charge on any atom is -0.384 e. The number of hydrogen-bond donors (Lipinski definition) is 1. The molecule has 1 aromatic rings. The molecule has 5 nitrogen and oxygen atoms in total. The van der Waals surface area contributed by atoms with Crippen LogP contribution >= 0.6 is 0 Å². The molecule has 0 atom stereocenters. The SMILES string of the molecule is COCCN(CC(C)C)C(=O)c1cncc(C#CCO)c1. The smallest absolute Gasteiger partial charge is 0.255 e. The molecule has 0 fully saturated rings. The van der Waals surface area contributed by atoms with Crippen LogP contribution in [0.25, 0.3) is 0 Å². The van der Waals surface area contributed by atoms with Gasteiger partial charge in [-0.05, 0) is 12.0 Å². The molecule has 0 saturated carbocycles. The first kappa shape index (κ1) is 17.2. The van der Waals surface area contributed by atoms with E-state index >= 15 is 0 Å². The molecule has 1 rings (SSSR count). The summed E-state index contributed by atoms with van der Waals surface area (Å²) in [6.07, 6.45) is 3.11. The van der Waals surface area contributed by atoms with Crippen molar-refractivity contribution in [1.82, 2.24) is 9.88 Å². The topological polar surface area (TPSA) is 62.7 Å². The van der Waals surface area contributed by atoms with E-state index in [2.05, 4.69) is 30.7 Å². The number of amides is 1. The van der Waals surface area contributed by atoms with Crippen LogP contribution in [0, 0.1) is 17.8 Å². The maximum Gasteiger partial charge on any atom is 0.255 e. The van der Waals surface area contributed by atoms with Crippen LogP contribution in [0.5, 0.6) is 0 Å². The number of aromatic nitrogens is 1. The Balaban J connectivity index is 2.91. The van der Waals surface area contributed by atoms with Gasteiger partial charge in [0.2, 0.25) is 0 Å². The van der Waals surface area contributed by atoms with Crippen molar-refractivity contribution in [3.63, 3.8) is 0 Å². The molecule has 0 aliphatic rings. The van der Waals surface area contributed by atoms with Gasteiger partial charge >= 0.3 is 0 Å². The van der Waals surface area contributed by atoms with Crippen molar-refractivity contribution in [1.29, 1.82) is 0 Å². The summed E-state index contributed by atoms with van der Waals surface area (Å²) in [7, 11) is 1.62. The molecule has 0 aliphatic carbocycles. The minimum absolute atomic E-state index is 0.0825. The van der Waals surface area contributed by atoms with Gasteiger partial charge in [-0.3, -0.25) is 9.78 Å². The summed E-state index contributed by atoms with van der Waals surface area (Å²) in [5, 5.41) is 8.71. The van der Waals surface area contributed by atoms with Crippen LogP contribution in [-0.4, -0.2) is 54.3 Å². The average molecular weight is 290 g/mol. The highest BCUT2D eigenvalue weighted by Crippen LogP contribution is 2.08. The van der Waals surface area contributed by atoms with Crippen LogP contribution in [0.15, 0.2) is 18.5 Å². The van der Waals surface area contributed by atoms with Gasteiger partial charge in [-0.1, -0.05) is 25.7 Å². The molecular formula is C16H22N2O3. The first-order valence-electron chi connectivity index (χ1n) is 6.91. The van der Waals surface area contributed by atoms with E-state index < -0.39 is 0 Å². The van der Waals surface area contributed by atoms with Gasteiger partial charge < -0.3 is 14.7 Å². The molecule has 0 saturated heterocycles. The quantitative estimate of drug-likeness (QED) is 0.799. The highest BCUT2D eigenvalue weighted by molar-refractivity contribution is 5.94. The Morgan fingerprint density at radius 3 is 2.86 bits per heavy atom. The van der Waals surface area contributed by atoms with E-state index in [4.69, 9.17) is 9.84 Å². The lowest BCUT2D eigenvalue weighted by molar-refractivity contribution is 0.0672. The van der Waals surface area contributed by atoms with Crippen LogP contribution in [0.2, 0.25) is 0 Å². The van der Waals surface area contributed by atoms with Crippen molar-refractivity contribution < 1.29 is 14.6 Å². The van der Waals surface area contributed by atoms with Gasteiger partial charge in [-0.15, -0.1) is 0 Å². The molecule has 1 amide bonds. The highest BCUT2D eigenvalue weighted by Gasteiger charge is 2.17. The number of aliphatic hydroxyl groups excluding tert-OH is 1. The fourth-order valence-electron chi connectivity index (χ4n) is 1.87. The van der Waals surface area contributed by atoms with Gasteiger partial charge in [-0.2, -0.15) is 0 Å². The molecule has 1 N–H and O–H groups in total. The molecule has 5 heteroatoms. The molecule has 1 aromatic heterocycles. The van der Waals surface area contributed by atoms with Crippen LogP contribution in [0.1, 0.15) is 29.8 Å². The standard InChI is InChI=1S/C16H22N2O3/c1-13(2)12-18(6-8-21-3)16(20)15-9-14(5-4-7-19)10-17-11-15/h9-11,13,19H,6-8,12H2,1-3H3. The summed E-state index contributed by atoms with van der Waals surface area (Å²) in [4.78, 5) is 18.3. The number of ether oxygens (including phenoxy) is 1. The number of nitrogens with zero attached hydrogens (tertiary/aromatic N) is 2. The summed E-state index contributed by atoms with van der Waals surface area (Å²) in [5.41, 5.74) is 1.11. The molecule has 0 bridgehead atoms. The number of pyridine rings is 1. The maximum atomic E-state index is 12.5. The first-order chi connectivity index (χ1) is 10.1. The van der Waals surface area contributed by atoms with E-state index in [0.717, 1.165) is 0 Å². The third-order valence-electron chi connectivity index (χ3n) is 2.74. The zero-order valence-corrected chi connectivity index (χ0v) is 12.8. The lowest BCUT2D eigenvalue weighted by Crippen LogP contribution is -2.36. The number of carbonyl (C=O) groups excluding carboxylic acids is 1. The van der Waals surface area contributed by atoms with Crippen LogP contribution in [0.3, 0.4) is 0 Å². The maximum absolute atomic E-state index is 12.5. The van der Waals surface area contributed by atoms with Crippen LogP contribution in [-0.2, 0) is 4.74 Å². The van der Waals surface area contributed by atoms with Gasteiger partial charge in [-0.25, -0.2) is 0 Å². The third-order valence-corrected chi connectivity index (χ3v) is 2.74. The van der Waals surface area contributed by atoms with Crippen LogP contribution < -0.4 is 0 Å². The molecule has 0 aromatic carbocycles. The van der Waals surface area contributed by atoms with E-state index in [-0.39, 0.29) is 12.5 Å². The summed E-state index contributed by atoms with van der Waals surface area (Å²) in [5.74, 6) is 5.59. The van der Waals surface area contributed by atoms with E-state index in [1.54, 1.807) is 24.3 Å². The van der Waals surface area contributed by atoms with Gasteiger partial charge in [0.1, 0.15) is 6.61 Å². The number of aliphatic hydroxyl groups is 1. The van der Waals surface area contributed by atoms with Gasteiger partial charge in [0.25, 0.3) is 5.91 Å². The Hall–Kier alpha value is -1.90. The van der Waals surface area contributed by atoms with E-state index in [9.17, 15) is 4.79 Å². The van der Waals surface area contributed by atoms with Crippen molar-refractivity contribution in [2.45, 2.75) is 13.8 Å². The third kappa shape index (κ3) is 5.94. The zero-order chi connectivity index (χ0) is 15.7. The fourth-order valence-corrected chi connectivity index (χ4v) is 1.87. The average Bonchev–Trinajstić information content (AvgIpc) is 2.48. The van der Waals surface area contributed by atoms with Crippen molar-refractivity contribution >= 4 is 5.91 Å². The number of methoxy groups -OCH3 is 1. The van der Waals surface area contributed by atoms with Crippen molar-refractivity contribution in [2.24, 2.45) is 5.92 Å². The number of hydrogen-bond acceptors (Lipinski definition) is 4. The predicted octanol–water partition coefficient (Wildman–Crippen LogP) is 1.17. The van der Waals surface area contributed by atoms with Gasteiger partial charge in [0, 0.05) is 38.2 Å². The van der Waals surface area contributed by atoms with Crippen LogP contribution in [0.4, 0.5) is 0 Å². The second-order valence-electron chi connectivity index (χ2n) is 5.06. The fraction of sp³-hybridized carbons (Fsp3) is 0.500. The normalized spacial score (nSPS) is 10.1. The van der Waals surface area contributed by atoms with Crippen molar-refractivity contribution in [3.8, 4) is 11.8 Å². The minimum atomic E-state index is -0.217. The largest absolute Gasteiger partial charge is 0.384 e. The summed E-state index contributed by atoms with van der Waals surface area (Å²) >= 11 is 0. The van der Waals surface area contributed by atoms with E-state index in [1.165, 1.54) is 6.20 Å². The Labute approximate surface area is 125 Å². The van der Waals surface area contributed by atoms with Crippen molar-refractivity contribution in [2.75, 3.05) is 33.4 Å². The molecule has 21 heavy (non-hydrogen) atoms. The molecule has 0 aliphatic heterocycles. The molecule has 0 spiro atoms. The van der Waals surface area contributed by atoms with Gasteiger partial charge in [0.05, 0.1) is 12.2 Å². The Morgan fingerprint density at radius 2 is 2.24 bits per heavy atom. The molecule has 0 unspecified atom stereocenters. The summed E-state index contributed by atoms with van der Waals surface area (Å²) in [6, 6.07) is 1.69. The summed E-state index contributed by atoms with van der Waals surface area (Å²) < 4.78 is 5.06. The highest BCUT2D eigenvalue weighted by atomic mass is 16.5. The summed E-state index contributed by atoms with van der Waals surface area (Å²) in [6.45, 7) is 5.61. The lowest BCUT2D eigenvalue weighted by Gasteiger charge is -2.24. The van der Waals surface area contributed by atoms with E-state index in [1.807, 2.05) is 0 Å². The van der Waals surface area contributed by atoms with Gasteiger partial charge in [0.15, 0.2) is 0 Å². The second-order valence-corrected chi connectivity index (χ2v) is 5.06. The molecule has 114 valence electrons. The monoisotopic (exact) mass is 290 g/mol. The Bertz CT molecular complexity index is 518. The molecular weight excluding hydrogens is 268 g/mol. The molecule has 1 heterocycles. The predicted molar refractivity (Wildman–Crippen MR) is 80.8 cm³/mol. The Morgan fingerprint density at radius 1 is 1.48 bits per heavy atom. The first-order valence-corrected chi connectivity index (χ1v) is 6.91. The zero-order valence-electron chi connectivity index (χ0n) is 12.8. The lowest BCUT2D eigenvalue weighted by atomic mass is 10.1. The Kier molecular flexibility index (Phi) is 7.44. The second kappa shape index (κ2) is 9.11. The van der Waals surface area contributed by atoms with E-state index in [0.29, 0.717) is 36.7 Å².